The number of hydrogen-bond donors (Lipinski definition) is 2. The molecule has 1 aromatic heterocycles. The fraction of sp³-hybridized carbons (Fsp3) is 0.353. The molecule has 4 aromatic rings. The Balaban J connectivity index is 1.38. The molecule has 2 N–H and O–H groups in total. The molecule has 3 aromatic carbocycles. The van der Waals surface area contributed by atoms with E-state index in [1.807, 2.05) is 11.0 Å². The molecule has 0 radical (unpaired) electrons. The highest BCUT2D eigenvalue weighted by Gasteiger charge is 2.26. The Bertz CT molecular complexity index is 1450. The number of amides is 1. The molecule has 1 saturated carbocycles. The summed E-state index contributed by atoms with van der Waals surface area (Å²) in [6.45, 7) is 3.97. The van der Waals surface area contributed by atoms with Crippen LogP contribution in [0.2, 0.25) is 0 Å². The van der Waals surface area contributed by atoms with Gasteiger partial charge in [-0.15, -0.1) is 0 Å². The minimum atomic E-state index is -0.775. The van der Waals surface area contributed by atoms with Gasteiger partial charge in [-0.25, -0.2) is 0 Å². The number of carboxylic acid groups (broad SMARTS) is 1. The Hall–Kier alpha value is -3.94. The lowest BCUT2D eigenvalue weighted by atomic mass is 9.98. The number of rotatable bonds is 9. The third kappa shape index (κ3) is 6.21. The predicted molar refractivity (Wildman–Crippen MR) is 162 cm³/mol. The molecule has 7 heteroatoms. The lowest BCUT2D eigenvalue weighted by Crippen LogP contribution is -2.47. The van der Waals surface area contributed by atoms with Gasteiger partial charge in [0.15, 0.2) is 0 Å². The van der Waals surface area contributed by atoms with Crippen molar-refractivity contribution in [2.24, 2.45) is 5.92 Å². The van der Waals surface area contributed by atoms with E-state index in [-0.39, 0.29) is 24.4 Å². The summed E-state index contributed by atoms with van der Waals surface area (Å²) in [6, 6.07) is 29.8. The third-order valence-electron chi connectivity index (χ3n) is 8.61. The Morgan fingerprint density at radius 3 is 2.02 bits per heavy atom. The van der Waals surface area contributed by atoms with E-state index >= 15 is 0 Å². The highest BCUT2D eigenvalue weighted by atomic mass is 16.4. The van der Waals surface area contributed by atoms with Gasteiger partial charge in [0.05, 0.1) is 12.6 Å². The monoisotopic (exact) mass is 550 g/mol. The van der Waals surface area contributed by atoms with E-state index in [0.717, 1.165) is 75.0 Å². The van der Waals surface area contributed by atoms with Crippen LogP contribution >= 0.6 is 0 Å². The van der Waals surface area contributed by atoms with Crippen LogP contribution in [-0.4, -0.2) is 64.1 Å². The molecule has 2 aliphatic rings. The van der Waals surface area contributed by atoms with Crippen molar-refractivity contribution < 1.29 is 14.7 Å². The molecule has 41 heavy (non-hydrogen) atoms. The van der Waals surface area contributed by atoms with Crippen molar-refractivity contribution in [3.8, 4) is 0 Å². The fourth-order valence-corrected chi connectivity index (χ4v) is 6.52. The highest BCUT2D eigenvalue weighted by Crippen LogP contribution is 2.35. The minimum Gasteiger partial charge on any atom is -0.480 e. The van der Waals surface area contributed by atoms with E-state index < -0.39 is 5.97 Å². The number of fused-ring (bicyclic) bond motifs is 1. The minimum absolute atomic E-state index is 0.0165. The van der Waals surface area contributed by atoms with Crippen molar-refractivity contribution >= 4 is 28.5 Å². The lowest BCUT2D eigenvalue weighted by Gasteiger charge is -2.34. The zero-order valence-corrected chi connectivity index (χ0v) is 23.4. The smallest absolute Gasteiger partial charge is 0.317 e. The quantitative estimate of drug-likeness (QED) is 0.283. The molecule has 1 saturated heterocycles. The van der Waals surface area contributed by atoms with Crippen molar-refractivity contribution in [3.05, 3.63) is 102 Å². The van der Waals surface area contributed by atoms with Crippen LogP contribution in [0.25, 0.3) is 10.9 Å². The van der Waals surface area contributed by atoms with Crippen molar-refractivity contribution in [1.82, 2.24) is 14.4 Å². The Kier molecular flexibility index (Phi) is 8.16. The summed E-state index contributed by atoms with van der Waals surface area (Å²) in [5, 5.41) is 13.5. The largest absolute Gasteiger partial charge is 0.480 e. The topological polar surface area (TPSA) is 77.8 Å². The van der Waals surface area contributed by atoms with Gasteiger partial charge in [-0.1, -0.05) is 73.5 Å². The van der Waals surface area contributed by atoms with Gasteiger partial charge in [0, 0.05) is 60.9 Å². The number of benzene rings is 3. The molecule has 2 fully saturated rings. The van der Waals surface area contributed by atoms with Crippen molar-refractivity contribution in [1.29, 1.82) is 0 Å². The normalized spacial score (nSPS) is 16.9. The van der Waals surface area contributed by atoms with Crippen molar-refractivity contribution in [3.63, 3.8) is 0 Å². The average Bonchev–Trinajstić information content (AvgIpc) is 3.64. The SMILES string of the molecule is O=C(O)CN1CCN(Cc2cc3cc(NC(=O)C4CCCC4)ccc3n2C(c2ccccc2)c2ccccc2)CC1. The summed E-state index contributed by atoms with van der Waals surface area (Å²) >= 11 is 0. The van der Waals surface area contributed by atoms with E-state index in [1.54, 1.807) is 0 Å². The fourth-order valence-electron chi connectivity index (χ4n) is 6.52. The lowest BCUT2D eigenvalue weighted by molar-refractivity contribution is -0.138. The maximum atomic E-state index is 12.9. The second-order valence-electron chi connectivity index (χ2n) is 11.4. The zero-order valence-electron chi connectivity index (χ0n) is 23.4. The summed E-state index contributed by atoms with van der Waals surface area (Å²) in [5.74, 6) is -0.527. The second-order valence-corrected chi connectivity index (χ2v) is 11.4. The van der Waals surface area contributed by atoms with Crippen LogP contribution in [0, 0.1) is 5.92 Å². The summed E-state index contributed by atoms with van der Waals surface area (Å²) in [7, 11) is 0. The molecule has 0 bridgehead atoms. The number of carbonyl (C=O) groups is 2. The summed E-state index contributed by atoms with van der Waals surface area (Å²) in [6.07, 6.45) is 4.22. The predicted octanol–water partition coefficient (Wildman–Crippen LogP) is 5.61. The Labute approximate surface area is 241 Å². The number of carboxylic acids is 1. The van der Waals surface area contributed by atoms with E-state index in [4.69, 9.17) is 0 Å². The molecule has 212 valence electrons. The number of nitrogens with zero attached hydrogens (tertiary/aromatic N) is 3. The van der Waals surface area contributed by atoms with Gasteiger partial charge in [-0.3, -0.25) is 19.4 Å². The number of nitrogens with one attached hydrogen (secondary N) is 1. The molecule has 1 aliphatic carbocycles. The van der Waals surface area contributed by atoms with Gasteiger partial charge in [0.1, 0.15) is 0 Å². The van der Waals surface area contributed by atoms with E-state index in [2.05, 4.69) is 93.6 Å². The first-order valence-electron chi connectivity index (χ1n) is 14.8. The van der Waals surface area contributed by atoms with Crippen LogP contribution in [0.3, 0.4) is 0 Å². The van der Waals surface area contributed by atoms with E-state index in [0.29, 0.717) is 0 Å². The van der Waals surface area contributed by atoms with Crippen molar-refractivity contribution in [2.45, 2.75) is 38.3 Å². The molecule has 1 aliphatic heterocycles. The molecule has 0 atom stereocenters. The maximum Gasteiger partial charge on any atom is 0.317 e. The van der Waals surface area contributed by atoms with Crippen LogP contribution in [0.5, 0.6) is 0 Å². The zero-order chi connectivity index (χ0) is 28.2. The van der Waals surface area contributed by atoms with E-state index in [1.165, 1.54) is 16.8 Å². The van der Waals surface area contributed by atoms with Gasteiger partial charge >= 0.3 is 5.97 Å². The first-order chi connectivity index (χ1) is 20.0. The highest BCUT2D eigenvalue weighted by molar-refractivity contribution is 5.95. The molecule has 2 heterocycles. The summed E-state index contributed by atoms with van der Waals surface area (Å²) < 4.78 is 2.45. The number of anilines is 1. The van der Waals surface area contributed by atoms with Crippen LogP contribution < -0.4 is 5.32 Å². The summed E-state index contributed by atoms with van der Waals surface area (Å²) in [5.41, 5.74) is 5.59. The first-order valence-corrected chi connectivity index (χ1v) is 14.8. The standard InChI is InChI=1S/C34H38N4O3/c39-32(40)24-37-19-17-36(18-20-37)23-30-22-28-21-29(35-34(41)27-13-7-8-14-27)15-16-31(28)38(30)33(25-9-3-1-4-10-25)26-11-5-2-6-12-26/h1-6,9-12,15-16,21-22,27,33H,7-8,13-14,17-20,23-24H2,(H,35,41)(H,39,40). The van der Waals surface area contributed by atoms with Gasteiger partial charge in [-0.05, 0) is 48.2 Å². The average molecular weight is 551 g/mol. The number of carbonyl (C=O) groups excluding carboxylic acids is 1. The van der Waals surface area contributed by atoms with Gasteiger partial charge in [0.25, 0.3) is 0 Å². The molecule has 0 spiro atoms. The number of aromatic nitrogens is 1. The van der Waals surface area contributed by atoms with Gasteiger partial charge in [-0.2, -0.15) is 0 Å². The molecular weight excluding hydrogens is 512 g/mol. The third-order valence-corrected chi connectivity index (χ3v) is 8.61. The Morgan fingerprint density at radius 2 is 1.41 bits per heavy atom. The molecular formula is C34H38N4O3. The van der Waals surface area contributed by atoms with Crippen LogP contribution in [0.1, 0.15) is 48.5 Å². The molecule has 0 unspecified atom stereocenters. The number of aliphatic carboxylic acids is 1. The number of piperazine rings is 1. The molecule has 7 nitrogen and oxygen atoms in total. The number of hydrogen-bond acceptors (Lipinski definition) is 4. The van der Waals surface area contributed by atoms with Gasteiger partial charge < -0.3 is 15.0 Å². The Morgan fingerprint density at radius 1 is 0.805 bits per heavy atom. The van der Waals surface area contributed by atoms with Gasteiger partial charge in [0.2, 0.25) is 5.91 Å². The first kappa shape index (κ1) is 27.2. The van der Waals surface area contributed by atoms with Crippen LogP contribution in [-0.2, 0) is 16.1 Å². The maximum absolute atomic E-state index is 12.9. The van der Waals surface area contributed by atoms with Crippen LogP contribution in [0.4, 0.5) is 5.69 Å². The van der Waals surface area contributed by atoms with Crippen LogP contribution in [0.15, 0.2) is 84.9 Å². The second kappa shape index (κ2) is 12.3. The summed E-state index contributed by atoms with van der Waals surface area (Å²) in [4.78, 5) is 28.5. The molecule has 6 rings (SSSR count). The van der Waals surface area contributed by atoms with Crippen molar-refractivity contribution in [2.75, 3.05) is 38.0 Å². The van der Waals surface area contributed by atoms with E-state index in [9.17, 15) is 14.7 Å². The molecule has 1 amide bonds.